The van der Waals surface area contributed by atoms with Crippen LogP contribution >= 0.6 is 0 Å². The molecule has 0 aromatic heterocycles. The highest BCUT2D eigenvalue weighted by Gasteiger charge is 2.29. The van der Waals surface area contributed by atoms with E-state index in [1.54, 1.807) is 0 Å². The van der Waals surface area contributed by atoms with E-state index >= 15 is 0 Å². The molecule has 0 saturated carbocycles. The zero-order chi connectivity index (χ0) is 11.5. The van der Waals surface area contributed by atoms with Crippen LogP contribution in [0.1, 0.15) is 25.5 Å². The Balaban J connectivity index is 2.79. The Hall–Kier alpha value is -0.860. The van der Waals surface area contributed by atoms with Crippen LogP contribution < -0.4 is 0 Å². The van der Waals surface area contributed by atoms with Gasteiger partial charge in [-0.3, -0.25) is 0 Å². The quantitative estimate of drug-likeness (QED) is 0.819. The first-order valence-corrected chi connectivity index (χ1v) is 5.31. The summed E-state index contributed by atoms with van der Waals surface area (Å²) >= 11 is 0. The maximum Gasteiger partial charge on any atom is 0.0853 e. The van der Waals surface area contributed by atoms with Crippen LogP contribution in [0.25, 0.3) is 0 Å². The van der Waals surface area contributed by atoms with E-state index < -0.39 is 6.10 Å². The summed E-state index contributed by atoms with van der Waals surface area (Å²) in [5.74, 6) is 0. The first kappa shape index (κ1) is 12.2. The standard InChI is InChI=1S/C13H21NO/c1-13(2,10-14(3)4)12(15)11-8-6-5-7-9-11/h5-9,12,15H,10H2,1-4H3/t12-/m0/s1. The van der Waals surface area contributed by atoms with Crippen LogP contribution in [0.15, 0.2) is 30.3 Å². The van der Waals surface area contributed by atoms with E-state index in [0.717, 1.165) is 12.1 Å². The fourth-order valence-corrected chi connectivity index (χ4v) is 1.99. The van der Waals surface area contributed by atoms with E-state index in [4.69, 9.17) is 0 Å². The lowest BCUT2D eigenvalue weighted by atomic mass is 9.82. The predicted octanol–water partition coefficient (Wildman–Crippen LogP) is 2.31. The molecule has 1 N–H and O–H groups in total. The smallest absolute Gasteiger partial charge is 0.0853 e. The molecule has 0 amide bonds. The minimum absolute atomic E-state index is 0.134. The highest BCUT2D eigenvalue weighted by atomic mass is 16.3. The van der Waals surface area contributed by atoms with E-state index in [2.05, 4.69) is 18.7 Å². The predicted molar refractivity (Wildman–Crippen MR) is 63.7 cm³/mol. The SMILES string of the molecule is CN(C)CC(C)(C)[C@@H](O)c1ccccc1. The lowest BCUT2D eigenvalue weighted by Gasteiger charge is -2.33. The Morgan fingerprint density at radius 3 is 2.20 bits per heavy atom. The van der Waals surface area contributed by atoms with Crippen LogP contribution in [0.2, 0.25) is 0 Å². The summed E-state index contributed by atoms with van der Waals surface area (Å²) in [6, 6.07) is 9.84. The Morgan fingerprint density at radius 1 is 1.20 bits per heavy atom. The normalized spacial score (nSPS) is 14.3. The maximum absolute atomic E-state index is 10.3. The molecular weight excluding hydrogens is 186 g/mol. The second-order valence-corrected chi connectivity index (χ2v) is 5.04. The number of benzene rings is 1. The molecule has 15 heavy (non-hydrogen) atoms. The summed E-state index contributed by atoms with van der Waals surface area (Å²) in [4.78, 5) is 2.10. The van der Waals surface area contributed by atoms with Gasteiger partial charge in [-0.1, -0.05) is 44.2 Å². The molecule has 0 aliphatic rings. The number of aliphatic hydroxyl groups excluding tert-OH is 1. The molecule has 1 rings (SSSR count). The van der Waals surface area contributed by atoms with E-state index in [9.17, 15) is 5.11 Å². The molecular formula is C13H21NO. The van der Waals surface area contributed by atoms with Gasteiger partial charge in [0.15, 0.2) is 0 Å². The van der Waals surface area contributed by atoms with Gasteiger partial charge in [0.1, 0.15) is 0 Å². The number of rotatable bonds is 4. The van der Waals surface area contributed by atoms with Crippen LogP contribution in [-0.4, -0.2) is 30.6 Å². The minimum atomic E-state index is -0.416. The maximum atomic E-state index is 10.3. The first-order chi connectivity index (χ1) is 6.93. The number of aliphatic hydroxyl groups is 1. The van der Waals surface area contributed by atoms with Crippen LogP contribution in [-0.2, 0) is 0 Å². The zero-order valence-corrected chi connectivity index (χ0v) is 10.1. The molecule has 0 bridgehead atoms. The second-order valence-electron chi connectivity index (χ2n) is 5.04. The molecule has 2 nitrogen and oxygen atoms in total. The van der Waals surface area contributed by atoms with Gasteiger partial charge in [0.05, 0.1) is 6.10 Å². The van der Waals surface area contributed by atoms with E-state index in [1.807, 2.05) is 44.4 Å². The van der Waals surface area contributed by atoms with Crippen LogP contribution in [0.3, 0.4) is 0 Å². The summed E-state index contributed by atoms with van der Waals surface area (Å²) < 4.78 is 0. The van der Waals surface area contributed by atoms with E-state index in [1.165, 1.54) is 0 Å². The molecule has 0 spiro atoms. The van der Waals surface area contributed by atoms with Crippen molar-refractivity contribution in [2.75, 3.05) is 20.6 Å². The summed E-state index contributed by atoms with van der Waals surface area (Å²) in [6.45, 7) is 5.04. The molecule has 2 heteroatoms. The average molecular weight is 207 g/mol. The molecule has 1 atom stereocenters. The molecule has 0 unspecified atom stereocenters. The molecule has 1 aromatic rings. The third kappa shape index (κ3) is 3.33. The van der Waals surface area contributed by atoms with Gasteiger partial charge in [-0.2, -0.15) is 0 Å². The Bertz CT molecular complexity index is 293. The minimum Gasteiger partial charge on any atom is -0.388 e. The number of nitrogens with zero attached hydrogens (tertiary/aromatic N) is 1. The molecule has 0 aliphatic heterocycles. The van der Waals surface area contributed by atoms with Gasteiger partial charge in [0.25, 0.3) is 0 Å². The number of hydrogen-bond donors (Lipinski definition) is 1. The van der Waals surface area contributed by atoms with Crippen molar-refractivity contribution in [1.29, 1.82) is 0 Å². The lowest BCUT2D eigenvalue weighted by Crippen LogP contribution is -2.33. The highest BCUT2D eigenvalue weighted by molar-refractivity contribution is 5.19. The van der Waals surface area contributed by atoms with Crippen LogP contribution in [0.5, 0.6) is 0 Å². The average Bonchev–Trinajstić information content (AvgIpc) is 2.16. The van der Waals surface area contributed by atoms with Crippen molar-refractivity contribution >= 4 is 0 Å². The van der Waals surface area contributed by atoms with Gasteiger partial charge < -0.3 is 10.0 Å². The third-order valence-electron chi connectivity index (χ3n) is 2.58. The summed E-state index contributed by atoms with van der Waals surface area (Å²) in [5, 5.41) is 10.3. The summed E-state index contributed by atoms with van der Waals surface area (Å²) in [6.07, 6.45) is -0.416. The van der Waals surface area contributed by atoms with Crippen molar-refractivity contribution in [3.8, 4) is 0 Å². The summed E-state index contributed by atoms with van der Waals surface area (Å²) in [5.41, 5.74) is 0.856. The van der Waals surface area contributed by atoms with Crippen molar-refractivity contribution < 1.29 is 5.11 Å². The Labute approximate surface area is 92.5 Å². The van der Waals surface area contributed by atoms with Gasteiger partial charge in [-0.05, 0) is 19.7 Å². The topological polar surface area (TPSA) is 23.5 Å². The van der Waals surface area contributed by atoms with Crippen molar-refractivity contribution in [2.45, 2.75) is 20.0 Å². The largest absolute Gasteiger partial charge is 0.388 e. The van der Waals surface area contributed by atoms with Gasteiger partial charge in [-0.25, -0.2) is 0 Å². The van der Waals surface area contributed by atoms with Gasteiger partial charge in [0.2, 0.25) is 0 Å². The highest BCUT2D eigenvalue weighted by Crippen LogP contribution is 2.33. The Morgan fingerprint density at radius 2 is 1.73 bits per heavy atom. The van der Waals surface area contributed by atoms with Crippen LogP contribution in [0.4, 0.5) is 0 Å². The molecule has 1 aromatic carbocycles. The van der Waals surface area contributed by atoms with Crippen LogP contribution in [0, 0.1) is 5.41 Å². The summed E-state index contributed by atoms with van der Waals surface area (Å²) in [7, 11) is 4.05. The van der Waals surface area contributed by atoms with Gasteiger partial charge in [-0.15, -0.1) is 0 Å². The molecule has 0 radical (unpaired) electrons. The van der Waals surface area contributed by atoms with Gasteiger partial charge >= 0.3 is 0 Å². The fourth-order valence-electron chi connectivity index (χ4n) is 1.99. The van der Waals surface area contributed by atoms with E-state index in [0.29, 0.717) is 0 Å². The number of hydrogen-bond acceptors (Lipinski definition) is 2. The van der Waals surface area contributed by atoms with Gasteiger partial charge in [0, 0.05) is 12.0 Å². The lowest BCUT2D eigenvalue weighted by molar-refractivity contribution is 0.0307. The molecule has 0 heterocycles. The van der Waals surface area contributed by atoms with Crippen molar-refractivity contribution in [3.05, 3.63) is 35.9 Å². The van der Waals surface area contributed by atoms with E-state index in [-0.39, 0.29) is 5.41 Å². The van der Waals surface area contributed by atoms with Crippen molar-refractivity contribution in [3.63, 3.8) is 0 Å². The third-order valence-corrected chi connectivity index (χ3v) is 2.58. The van der Waals surface area contributed by atoms with Crippen molar-refractivity contribution in [2.24, 2.45) is 5.41 Å². The fraction of sp³-hybridized carbons (Fsp3) is 0.538. The first-order valence-electron chi connectivity index (χ1n) is 5.31. The Kier molecular flexibility index (Phi) is 3.89. The molecule has 0 aliphatic carbocycles. The zero-order valence-electron chi connectivity index (χ0n) is 10.1. The molecule has 0 saturated heterocycles. The monoisotopic (exact) mass is 207 g/mol. The molecule has 0 fully saturated rings. The molecule has 84 valence electrons. The second kappa shape index (κ2) is 4.77. The van der Waals surface area contributed by atoms with Crippen molar-refractivity contribution in [1.82, 2.24) is 4.90 Å².